The summed E-state index contributed by atoms with van der Waals surface area (Å²) in [4.78, 5) is 33.6. The van der Waals surface area contributed by atoms with E-state index < -0.39 is 23.8 Å². The van der Waals surface area contributed by atoms with Gasteiger partial charge in [-0.25, -0.2) is 14.4 Å². The van der Waals surface area contributed by atoms with E-state index in [4.69, 9.17) is 14.9 Å². The molecule has 1 atom stereocenters. The summed E-state index contributed by atoms with van der Waals surface area (Å²) in [5.41, 5.74) is 2.33. The lowest BCUT2D eigenvalue weighted by molar-refractivity contribution is -0.141. The summed E-state index contributed by atoms with van der Waals surface area (Å²) in [5, 5.41) is 17.1. The van der Waals surface area contributed by atoms with Crippen LogP contribution in [0.5, 0.6) is 0 Å². The average Bonchev–Trinajstić information content (AvgIpc) is 2.86. The van der Waals surface area contributed by atoms with E-state index in [2.05, 4.69) is 17.9 Å². The van der Waals surface area contributed by atoms with Crippen molar-refractivity contribution in [3.63, 3.8) is 0 Å². The predicted molar refractivity (Wildman–Crippen MR) is 134 cm³/mol. The second-order valence-corrected chi connectivity index (χ2v) is 7.22. The molecule has 0 spiro atoms. The Balaban J connectivity index is 0.000000579. The number of aliphatic hydroxyl groups excluding tert-OH is 1. The molecule has 0 saturated carbocycles. The van der Waals surface area contributed by atoms with Gasteiger partial charge in [-0.2, -0.15) is 0 Å². The van der Waals surface area contributed by atoms with Crippen molar-refractivity contribution in [1.82, 2.24) is 0 Å². The molecule has 0 saturated heterocycles. The highest BCUT2D eigenvalue weighted by Crippen LogP contribution is 2.17. The van der Waals surface area contributed by atoms with E-state index in [1.165, 1.54) is 6.08 Å². The number of ether oxygens (including phenoxy) is 2. The topological polar surface area (TPSA) is 110 Å². The minimum absolute atomic E-state index is 0.0473. The van der Waals surface area contributed by atoms with Gasteiger partial charge < -0.3 is 19.7 Å². The minimum atomic E-state index is -1.09. The van der Waals surface area contributed by atoms with Crippen LogP contribution in [-0.2, 0) is 30.5 Å². The smallest absolute Gasteiger partial charge is 0.334 e. The lowest BCUT2D eigenvalue weighted by Crippen LogP contribution is -2.13. The molecule has 7 heteroatoms. The van der Waals surface area contributed by atoms with Crippen molar-refractivity contribution >= 4 is 24.0 Å². The average molecular weight is 479 g/mol. The Bertz CT molecular complexity index is 1040. The summed E-state index contributed by atoms with van der Waals surface area (Å²) < 4.78 is 9.74. The second kappa shape index (κ2) is 16.4. The quantitative estimate of drug-likeness (QED) is 0.365. The van der Waals surface area contributed by atoms with Gasteiger partial charge in [-0.15, -0.1) is 0 Å². The Labute approximate surface area is 205 Å². The molecule has 0 heterocycles. The molecular formula is C28H30O7. The van der Waals surface area contributed by atoms with Gasteiger partial charge in [0.05, 0.1) is 6.61 Å². The van der Waals surface area contributed by atoms with Crippen LogP contribution in [0.3, 0.4) is 0 Å². The molecule has 2 N–H and O–H groups in total. The van der Waals surface area contributed by atoms with E-state index in [0.717, 1.165) is 17.2 Å². The number of carbonyl (C=O) groups is 3. The van der Waals surface area contributed by atoms with Crippen LogP contribution < -0.4 is 0 Å². The van der Waals surface area contributed by atoms with Gasteiger partial charge in [-0.3, -0.25) is 0 Å². The van der Waals surface area contributed by atoms with Gasteiger partial charge in [-0.05, 0) is 18.1 Å². The molecule has 0 aliphatic carbocycles. The van der Waals surface area contributed by atoms with Crippen LogP contribution in [0, 0.1) is 5.92 Å². The van der Waals surface area contributed by atoms with Gasteiger partial charge >= 0.3 is 17.9 Å². The van der Waals surface area contributed by atoms with E-state index in [-0.39, 0.29) is 25.4 Å². The van der Waals surface area contributed by atoms with Gasteiger partial charge in [0.15, 0.2) is 0 Å². The van der Waals surface area contributed by atoms with E-state index in [0.29, 0.717) is 5.57 Å². The van der Waals surface area contributed by atoms with Crippen LogP contribution in [-0.4, -0.2) is 41.3 Å². The largest absolute Gasteiger partial charge is 0.478 e. The maximum atomic E-state index is 12.3. The number of aliphatic carboxylic acids is 1. The number of hydrogen-bond acceptors (Lipinski definition) is 6. The van der Waals surface area contributed by atoms with Crippen LogP contribution in [0.2, 0.25) is 0 Å². The summed E-state index contributed by atoms with van der Waals surface area (Å²) in [5.74, 6) is -2.68. The van der Waals surface area contributed by atoms with Crippen molar-refractivity contribution in [2.24, 2.45) is 5.92 Å². The molecule has 2 aromatic carbocycles. The van der Waals surface area contributed by atoms with E-state index in [9.17, 15) is 14.4 Å². The molecule has 2 aromatic rings. The molecule has 184 valence electrons. The standard InChI is InChI=1S/C22H20O4.C6H10O3/c1-17(22(25)26-16-19-10-6-3-7-11-19)20(14-15-21(23)24)13-12-18-8-4-2-5-9-18;1-5(2)6(8)9-4-3-7/h2-15,20H,1,16H2,(H,23,24);7H,1,3-4H2,2H3. The van der Waals surface area contributed by atoms with Crippen LogP contribution in [0.1, 0.15) is 18.1 Å². The number of benzene rings is 2. The molecule has 0 aromatic heterocycles. The minimum Gasteiger partial charge on any atom is -0.478 e. The monoisotopic (exact) mass is 478 g/mol. The Morgan fingerprint density at radius 1 is 0.914 bits per heavy atom. The number of rotatable bonds is 11. The second-order valence-electron chi connectivity index (χ2n) is 7.22. The zero-order valence-corrected chi connectivity index (χ0v) is 19.6. The van der Waals surface area contributed by atoms with E-state index in [1.54, 1.807) is 13.0 Å². The number of hydrogen-bond donors (Lipinski definition) is 2. The zero-order valence-electron chi connectivity index (χ0n) is 19.6. The Morgan fingerprint density at radius 2 is 1.51 bits per heavy atom. The summed E-state index contributed by atoms with van der Waals surface area (Å²) in [7, 11) is 0. The molecule has 35 heavy (non-hydrogen) atoms. The van der Waals surface area contributed by atoms with Crippen molar-refractivity contribution in [3.8, 4) is 0 Å². The molecule has 0 aliphatic rings. The van der Waals surface area contributed by atoms with Gasteiger partial charge in [0, 0.05) is 23.1 Å². The lowest BCUT2D eigenvalue weighted by atomic mass is 9.98. The van der Waals surface area contributed by atoms with Crippen LogP contribution in [0.25, 0.3) is 6.08 Å². The molecule has 0 radical (unpaired) electrons. The molecule has 0 bridgehead atoms. The van der Waals surface area contributed by atoms with Gasteiger partial charge in [-0.1, -0.05) is 92.0 Å². The molecular weight excluding hydrogens is 448 g/mol. The molecule has 2 rings (SSSR count). The SMILES string of the molecule is C=C(C(=O)OCc1ccccc1)C(C=CC(=O)O)C=Cc1ccccc1.C=C(C)C(=O)OCCO. The first-order valence-corrected chi connectivity index (χ1v) is 10.7. The van der Waals surface area contributed by atoms with Crippen LogP contribution >= 0.6 is 0 Å². The first-order chi connectivity index (χ1) is 16.7. The third kappa shape index (κ3) is 12.6. The molecule has 1 unspecified atom stereocenters. The van der Waals surface area contributed by atoms with Gasteiger partial charge in [0.2, 0.25) is 0 Å². The summed E-state index contributed by atoms with van der Waals surface area (Å²) in [6.45, 7) is 8.74. The third-order valence-electron chi connectivity index (χ3n) is 4.29. The fourth-order valence-corrected chi connectivity index (χ4v) is 2.47. The zero-order chi connectivity index (χ0) is 26.1. The van der Waals surface area contributed by atoms with Crippen LogP contribution in [0.4, 0.5) is 0 Å². The highest BCUT2D eigenvalue weighted by molar-refractivity contribution is 5.90. The maximum Gasteiger partial charge on any atom is 0.334 e. The fraction of sp³-hybridized carbons (Fsp3) is 0.179. The normalized spacial score (nSPS) is 11.3. The maximum absolute atomic E-state index is 12.3. The van der Waals surface area contributed by atoms with E-state index in [1.807, 2.05) is 66.7 Å². The highest BCUT2D eigenvalue weighted by Gasteiger charge is 2.16. The van der Waals surface area contributed by atoms with Gasteiger partial charge in [0.1, 0.15) is 13.2 Å². The number of carbonyl (C=O) groups excluding carboxylic acids is 2. The summed E-state index contributed by atoms with van der Waals surface area (Å²) in [6, 6.07) is 18.8. The number of aliphatic hydroxyl groups is 1. The van der Waals surface area contributed by atoms with Crippen molar-refractivity contribution in [2.75, 3.05) is 13.2 Å². The van der Waals surface area contributed by atoms with Crippen LogP contribution in [0.15, 0.2) is 103 Å². The molecule has 0 amide bonds. The fourth-order valence-electron chi connectivity index (χ4n) is 2.47. The first kappa shape index (κ1) is 28.8. The van der Waals surface area contributed by atoms with Crippen molar-refractivity contribution in [2.45, 2.75) is 13.5 Å². The predicted octanol–water partition coefficient (Wildman–Crippen LogP) is 4.35. The summed E-state index contributed by atoms with van der Waals surface area (Å²) in [6.07, 6.45) is 5.94. The number of carboxylic acid groups (broad SMARTS) is 1. The van der Waals surface area contributed by atoms with Crippen molar-refractivity contribution < 1.29 is 34.1 Å². The van der Waals surface area contributed by atoms with Crippen molar-refractivity contribution in [3.05, 3.63) is 114 Å². The number of allylic oxidation sites excluding steroid dienone is 2. The molecule has 0 fully saturated rings. The Hall–Kier alpha value is -4.23. The lowest BCUT2D eigenvalue weighted by Gasteiger charge is -2.12. The summed E-state index contributed by atoms with van der Waals surface area (Å²) >= 11 is 0. The third-order valence-corrected chi connectivity index (χ3v) is 4.29. The van der Waals surface area contributed by atoms with Gasteiger partial charge in [0.25, 0.3) is 0 Å². The number of esters is 2. The van der Waals surface area contributed by atoms with E-state index >= 15 is 0 Å². The Morgan fingerprint density at radius 3 is 2.06 bits per heavy atom. The molecule has 0 aliphatic heterocycles. The first-order valence-electron chi connectivity index (χ1n) is 10.7. The highest BCUT2D eigenvalue weighted by atomic mass is 16.5. The van der Waals surface area contributed by atoms with Crippen molar-refractivity contribution in [1.29, 1.82) is 0 Å². The number of carboxylic acids is 1. The molecule has 7 nitrogen and oxygen atoms in total. The Kier molecular flexibility index (Phi) is 13.5.